The van der Waals surface area contributed by atoms with E-state index in [1.54, 1.807) is 44.4 Å². The van der Waals surface area contributed by atoms with Crippen molar-refractivity contribution >= 4 is 11.7 Å². The van der Waals surface area contributed by atoms with Gasteiger partial charge in [0, 0.05) is 33.9 Å². The van der Waals surface area contributed by atoms with Gasteiger partial charge in [-0.1, -0.05) is 0 Å². The number of anilines is 1. The van der Waals surface area contributed by atoms with Crippen LogP contribution in [0.5, 0.6) is 0 Å². The zero-order valence-electron chi connectivity index (χ0n) is 9.86. The Hall–Kier alpha value is -1.62. The van der Waals surface area contributed by atoms with E-state index in [0.29, 0.717) is 24.5 Å². The number of hydrogen-bond donors (Lipinski definition) is 1. The molecular weight excluding hydrogens is 206 g/mol. The quantitative estimate of drug-likeness (QED) is 0.803. The second-order valence-corrected chi connectivity index (χ2v) is 3.37. The predicted octanol–water partition coefficient (Wildman–Crippen LogP) is 0.842. The highest BCUT2D eigenvalue weighted by Gasteiger charge is 2.15. The van der Waals surface area contributed by atoms with Crippen molar-refractivity contribution in [3.8, 4) is 0 Å². The van der Waals surface area contributed by atoms with Crippen molar-refractivity contribution in [3.63, 3.8) is 0 Å². The van der Waals surface area contributed by atoms with Gasteiger partial charge in [0.05, 0.1) is 12.2 Å². The molecule has 5 nitrogen and oxygen atoms in total. The summed E-state index contributed by atoms with van der Waals surface area (Å²) in [6.45, 7) is 1.09. The summed E-state index contributed by atoms with van der Waals surface area (Å²) in [6, 6.07) is 3.50. The van der Waals surface area contributed by atoms with Crippen LogP contribution in [0.15, 0.2) is 18.3 Å². The number of carbonyl (C=O) groups excluding carboxylic acids is 1. The number of amides is 1. The summed E-state index contributed by atoms with van der Waals surface area (Å²) in [7, 11) is 5.10. The summed E-state index contributed by atoms with van der Waals surface area (Å²) in [4.78, 5) is 17.7. The van der Waals surface area contributed by atoms with Crippen LogP contribution < -0.4 is 5.32 Å². The number of pyridine rings is 1. The maximum atomic E-state index is 12.0. The van der Waals surface area contributed by atoms with Crippen molar-refractivity contribution in [2.24, 2.45) is 0 Å². The molecule has 0 aliphatic rings. The lowest BCUT2D eigenvalue weighted by Crippen LogP contribution is -2.30. The molecule has 0 bridgehead atoms. The second kappa shape index (κ2) is 6.07. The van der Waals surface area contributed by atoms with E-state index in [1.807, 2.05) is 0 Å². The van der Waals surface area contributed by atoms with Gasteiger partial charge in [0.1, 0.15) is 5.82 Å². The zero-order valence-corrected chi connectivity index (χ0v) is 9.86. The third-order valence-corrected chi connectivity index (χ3v) is 2.25. The van der Waals surface area contributed by atoms with Crippen molar-refractivity contribution in [1.82, 2.24) is 9.88 Å². The fourth-order valence-corrected chi connectivity index (χ4v) is 1.31. The first-order chi connectivity index (χ1) is 7.70. The van der Waals surface area contributed by atoms with Crippen LogP contribution >= 0.6 is 0 Å². The maximum absolute atomic E-state index is 12.0. The first-order valence-corrected chi connectivity index (χ1v) is 5.08. The third-order valence-electron chi connectivity index (χ3n) is 2.25. The van der Waals surface area contributed by atoms with Crippen LogP contribution in [-0.4, -0.2) is 50.1 Å². The van der Waals surface area contributed by atoms with E-state index in [9.17, 15) is 4.79 Å². The summed E-state index contributed by atoms with van der Waals surface area (Å²) in [5.74, 6) is 0.534. The zero-order chi connectivity index (χ0) is 12.0. The lowest BCUT2D eigenvalue weighted by Gasteiger charge is -2.17. The van der Waals surface area contributed by atoms with Crippen molar-refractivity contribution in [1.29, 1.82) is 0 Å². The molecular formula is C11H17N3O2. The van der Waals surface area contributed by atoms with Crippen LogP contribution in [0.25, 0.3) is 0 Å². The van der Waals surface area contributed by atoms with Crippen LogP contribution in [0.3, 0.4) is 0 Å². The summed E-state index contributed by atoms with van der Waals surface area (Å²) in [5, 5.41) is 2.90. The molecule has 0 fully saturated rings. The SMILES string of the molecule is CNc1ncccc1C(=O)N(C)CCOC. The number of hydrogen-bond acceptors (Lipinski definition) is 4. The molecule has 1 heterocycles. The van der Waals surface area contributed by atoms with Gasteiger partial charge in [0.2, 0.25) is 0 Å². The number of likely N-dealkylation sites (N-methyl/N-ethyl adjacent to an activating group) is 1. The van der Waals surface area contributed by atoms with E-state index in [4.69, 9.17) is 4.74 Å². The van der Waals surface area contributed by atoms with Gasteiger partial charge in [-0.15, -0.1) is 0 Å². The van der Waals surface area contributed by atoms with Crippen molar-refractivity contribution in [3.05, 3.63) is 23.9 Å². The number of rotatable bonds is 5. The Kier molecular flexibility index (Phi) is 4.72. The lowest BCUT2D eigenvalue weighted by atomic mass is 10.2. The molecule has 0 saturated heterocycles. The normalized spacial score (nSPS) is 9.94. The second-order valence-electron chi connectivity index (χ2n) is 3.37. The average molecular weight is 223 g/mol. The maximum Gasteiger partial charge on any atom is 0.257 e. The van der Waals surface area contributed by atoms with Crippen molar-refractivity contribution in [2.45, 2.75) is 0 Å². The molecule has 0 aliphatic carbocycles. The van der Waals surface area contributed by atoms with Crippen LogP contribution in [0.1, 0.15) is 10.4 Å². The molecule has 1 aromatic heterocycles. The van der Waals surface area contributed by atoms with E-state index < -0.39 is 0 Å². The average Bonchev–Trinajstić information content (AvgIpc) is 2.34. The Morgan fingerprint density at radius 1 is 1.62 bits per heavy atom. The number of nitrogens with zero attached hydrogens (tertiary/aromatic N) is 2. The number of carbonyl (C=O) groups is 1. The standard InChI is InChI=1S/C11H17N3O2/c1-12-10-9(5-4-6-13-10)11(15)14(2)7-8-16-3/h4-6H,7-8H2,1-3H3,(H,12,13). The third kappa shape index (κ3) is 2.93. The van der Waals surface area contributed by atoms with Gasteiger partial charge in [-0.25, -0.2) is 4.98 Å². The first kappa shape index (κ1) is 12.4. The van der Waals surface area contributed by atoms with Crippen LogP contribution in [-0.2, 0) is 4.74 Å². The van der Waals surface area contributed by atoms with Crippen molar-refractivity contribution < 1.29 is 9.53 Å². The molecule has 0 saturated carbocycles. The minimum Gasteiger partial charge on any atom is -0.383 e. The van der Waals surface area contributed by atoms with Gasteiger partial charge in [-0.2, -0.15) is 0 Å². The fraction of sp³-hybridized carbons (Fsp3) is 0.455. The molecule has 5 heteroatoms. The minimum atomic E-state index is -0.0606. The van der Waals surface area contributed by atoms with E-state index in [2.05, 4.69) is 10.3 Å². The summed E-state index contributed by atoms with van der Waals surface area (Å²) in [5.41, 5.74) is 0.573. The minimum absolute atomic E-state index is 0.0606. The highest BCUT2D eigenvalue weighted by atomic mass is 16.5. The Bertz CT molecular complexity index is 355. The van der Waals surface area contributed by atoms with Gasteiger partial charge >= 0.3 is 0 Å². The largest absolute Gasteiger partial charge is 0.383 e. The molecule has 16 heavy (non-hydrogen) atoms. The molecule has 88 valence electrons. The van der Waals surface area contributed by atoms with E-state index >= 15 is 0 Å². The molecule has 0 spiro atoms. The van der Waals surface area contributed by atoms with Crippen LogP contribution in [0, 0.1) is 0 Å². The van der Waals surface area contributed by atoms with E-state index in [0.717, 1.165) is 0 Å². The Morgan fingerprint density at radius 3 is 3.00 bits per heavy atom. The van der Waals surface area contributed by atoms with Gasteiger partial charge in [-0.3, -0.25) is 4.79 Å². The van der Waals surface area contributed by atoms with Gasteiger partial charge in [-0.05, 0) is 12.1 Å². The highest BCUT2D eigenvalue weighted by molar-refractivity contribution is 5.98. The van der Waals surface area contributed by atoms with Gasteiger partial charge < -0.3 is 15.0 Å². The summed E-state index contributed by atoms with van der Waals surface area (Å²) in [6.07, 6.45) is 1.65. The number of aromatic nitrogens is 1. The van der Waals surface area contributed by atoms with Crippen LogP contribution in [0.4, 0.5) is 5.82 Å². The summed E-state index contributed by atoms with van der Waals surface area (Å²) < 4.78 is 4.93. The lowest BCUT2D eigenvalue weighted by molar-refractivity contribution is 0.0745. The predicted molar refractivity (Wildman–Crippen MR) is 62.6 cm³/mol. The molecule has 0 aliphatic heterocycles. The van der Waals surface area contributed by atoms with E-state index in [-0.39, 0.29) is 5.91 Å². The molecule has 1 aromatic rings. The number of methoxy groups -OCH3 is 1. The molecule has 0 aromatic carbocycles. The van der Waals surface area contributed by atoms with Crippen molar-refractivity contribution in [2.75, 3.05) is 39.7 Å². The Labute approximate surface area is 95.4 Å². The highest BCUT2D eigenvalue weighted by Crippen LogP contribution is 2.12. The molecule has 0 atom stereocenters. The molecule has 0 radical (unpaired) electrons. The summed E-state index contributed by atoms with van der Waals surface area (Å²) >= 11 is 0. The molecule has 1 rings (SSSR count). The smallest absolute Gasteiger partial charge is 0.257 e. The molecule has 1 N–H and O–H groups in total. The topological polar surface area (TPSA) is 54.5 Å². The number of ether oxygens (including phenoxy) is 1. The van der Waals surface area contributed by atoms with Gasteiger partial charge in [0.25, 0.3) is 5.91 Å². The van der Waals surface area contributed by atoms with Crippen LogP contribution in [0.2, 0.25) is 0 Å². The number of nitrogens with one attached hydrogen (secondary N) is 1. The fourth-order valence-electron chi connectivity index (χ4n) is 1.31. The Morgan fingerprint density at radius 2 is 2.38 bits per heavy atom. The monoisotopic (exact) mass is 223 g/mol. The molecule has 0 unspecified atom stereocenters. The first-order valence-electron chi connectivity index (χ1n) is 5.08. The van der Waals surface area contributed by atoms with E-state index in [1.165, 1.54) is 0 Å². The molecule has 1 amide bonds. The van der Waals surface area contributed by atoms with Gasteiger partial charge in [0.15, 0.2) is 0 Å². The Balaban J connectivity index is 2.79.